The van der Waals surface area contributed by atoms with Crippen LogP contribution in [-0.2, 0) is 9.59 Å². The average Bonchev–Trinajstić information content (AvgIpc) is 3.24. The Morgan fingerprint density at radius 3 is 2.10 bits per heavy atom. The molecule has 0 unspecified atom stereocenters. The first-order chi connectivity index (χ1) is 20.3. The maximum absolute atomic E-state index is 10.7. The van der Waals surface area contributed by atoms with E-state index in [1.165, 1.54) is 20.2 Å². The molecule has 2 aromatic carbocycles. The van der Waals surface area contributed by atoms with Crippen molar-refractivity contribution in [1.82, 2.24) is 10.3 Å². The van der Waals surface area contributed by atoms with Gasteiger partial charge in [-0.25, -0.2) is 5.01 Å². The molecule has 1 amide bonds. The number of amides is 1. The largest absolute Gasteiger partial charge is 0.457 e. The molecular formula is C33H38N6O3. The number of aldehydes is 1. The summed E-state index contributed by atoms with van der Waals surface area (Å²) in [6.07, 6.45) is 11.4. The van der Waals surface area contributed by atoms with Gasteiger partial charge < -0.3 is 21.5 Å². The summed E-state index contributed by atoms with van der Waals surface area (Å²) in [5.74, 6) is 1.63. The summed E-state index contributed by atoms with van der Waals surface area (Å²) in [5, 5.41) is 17.0. The minimum absolute atomic E-state index is 0.106. The molecular weight excluding hydrogens is 528 g/mol. The third-order valence-corrected chi connectivity index (χ3v) is 5.19. The first-order valence-corrected chi connectivity index (χ1v) is 13.0. The maximum Gasteiger partial charge on any atom is 0.221 e. The molecule has 0 radical (unpaired) electrons. The number of rotatable bonds is 5. The van der Waals surface area contributed by atoms with Crippen molar-refractivity contribution in [1.29, 1.82) is 5.26 Å². The topological polar surface area (TPSA) is 147 Å². The van der Waals surface area contributed by atoms with Crippen molar-refractivity contribution in [2.24, 2.45) is 16.6 Å². The number of carbonyl (C=O) groups excluding carboxylic acids is 2. The van der Waals surface area contributed by atoms with E-state index in [0.29, 0.717) is 23.3 Å². The fraction of sp³-hybridized carbons (Fsp3) is 0.152. The molecule has 9 nitrogen and oxygen atoms in total. The van der Waals surface area contributed by atoms with Gasteiger partial charge in [0.05, 0.1) is 23.2 Å². The Bertz CT molecular complexity index is 1370. The zero-order chi connectivity index (χ0) is 31.3. The smallest absolute Gasteiger partial charge is 0.221 e. The predicted octanol–water partition coefficient (Wildman–Crippen LogP) is 5.61. The highest BCUT2D eigenvalue weighted by Gasteiger charge is 2.17. The van der Waals surface area contributed by atoms with Crippen molar-refractivity contribution < 1.29 is 14.3 Å². The molecule has 5 N–H and O–H groups in total. The first kappa shape index (κ1) is 34.6. The average molecular weight is 567 g/mol. The number of ether oxygens (including phenoxy) is 1. The molecule has 42 heavy (non-hydrogen) atoms. The number of nitrogens with one attached hydrogen (secondary N) is 1. The lowest BCUT2D eigenvalue weighted by Gasteiger charge is -2.23. The van der Waals surface area contributed by atoms with Gasteiger partial charge in [0, 0.05) is 18.8 Å². The van der Waals surface area contributed by atoms with Gasteiger partial charge in [-0.15, -0.1) is 0 Å². The third-order valence-electron chi connectivity index (χ3n) is 5.19. The molecule has 0 saturated heterocycles. The van der Waals surface area contributed by atoms with E-state index in [9.17, 15) is 9.59 Å². The Kier molecular flexibility index (Phi) is 16.1. The molecule has 1 heterocycles. The number of nitrogens with two attached hydrogens (primary N) is 2. The van der Waals surface area contributed by atoms with Crippen LogP contribution in [0.15, 0.2) is 137 Å². The zero-order valence-electron chi connectivity index (χ0n) is 24.5. The van der Waals surface area contributed by atoms with E-state index in [2.05, 4.69) is 22.7 Å². The van der Waals surface area contributed by atoms with E-state index in [1.807, 2.05) is 86.7 Å². The molecule has 2 aliphatic rings. The van der Waals surface area contributed by atoms with Crippen LogP contribution in [-0.4, -0.2) is 30.5 Å². The number of para-hydroxylation sites is 2. The second-order valence-electron chi connectivity index (χ2n) is 8.55. The molecule has 0 bridgehead atoms. The van der Waals surface area contributed by atoms with Crippen LogP contribution in [0.25, 0.3) is 0 Å². The van der Waals surface area contributed by atoms with Crippen LogP contribution < -0.4 is 21.5 Å². The van der Waals surface area contributed by atoms with E-state index in [0.717, 1.165) is 34.8 Å². The van der Waals surface area contributed by atoms with Crippen molar-refractivity contribution in [3.63, 3.8) is 0 Å². The Labute approximate surface area is 248 Å². The lowest BCUT2D eigenvalue weighted by Crippen LogP contribution is -2.23. The van der Waals surface area contributed by atoms with Crippen molar-refractivity contribution in [2.45, 2.75) is 27.2 Å². The molecule has 1 aliphatic carbocycles. The number of carbonyl (C=O) groups is 2. The van der Waals surface area contributed by atoms with Gasteiger partial charge in [0.25, 0.3) is 0 Å². The number of nitriles is 1. The zero-order valence-corrected chi connectivity index (χ0v) is 24.5. The van der Waals surface area contributed by atoms with E-state index in [4.69, 9.17) is 15.7 Å². The molecule has 0 atom stereocenters. The van der Waals surface area contributed by atoms with Gasteiger partial charge in [-0.2, -0.15) is 10.4 Å². The standard InChI is InChI=1S/C12H10O.C10H12N4.C10H11NO2.CH5N/c1-3-7-11(8-4-1)13-12-9-5-2-6-10-12;1-4-14-10(7(2)3)9(12)8(5-11)6-13-14;1-8(13)11-10-4-2-3-9(7-12)5-6-10;1-2/h1-10H;4,6H,1,12H2,2-3H3;2-4,6-7H,5H2,1H3,(H,11,13);2H2,1H3. The lowest BCUT2D eigenvalue weighted by molar-refractivity contribution is -0.118. The lowest BCUT2D eigenvalue weighted by atomic mass is 10.1. The van der Waals surface area contributed by atoms with E-state index >= 15 is 0 Å². The molecule has 0 saturated carbocycles. The van der Waals surface area contributed by atoms with Crippen LogP contribution in [0.4, 0.5) is 0 Å². The van der Waals surface area contributed by atoms with Crippen molar-refractivity contribution >= 4 is 18.4 Å². The number of hydrazone groups is 1. The van der Waals surface area contributed by atoms with Crippen LogP contribution in [0, 0.1) is 11.3 Å². The predicted molar refractivity (Wildman–Crippen MR) is 169 cm³/mol. The van der Waals surface area contributed by atoms with Crippen LogP contribution in [0.1, 0.15) is 27.2 Å². The molecule has 218 valence electrons. The quantitative estimate of drug-likeness (QED) is 0.399. The molecule has 1 aliphatic heterocycles. The van der Waals surface area contributed by atoms with E-state index in [1.54, 1.807) is 29.4 Å². The summed E-state index contributed by atoms with van der Waals surface area (Å²) in [6, 6.07) is 21.5. The summed E-state index contributed by atoms with van der Waals surface area (Å²) in [6.45, 7) is 8.89. The minimum Gasteiger partial charge on any atom is -0.457 e. The number of hydrogen-bond acceptors (Lipinski definition) is 8. The Balaban J connectivity index is 0.000000306. The highest BCUT2D eigenvalue weighted by atomic mass is 16.5. The van der Waals surface area contributed by atoms with Crippen LogP contribution in [0.2, 0.25) is 0 Å². The van der Waals surface area contributed by atoms with Gasteiger partial charge >= 0.3 is 0 Å². The van der Waals surface area contributed by atoms with E-state index in [-0.39, 0.29) is 5.91 Å². The number of hydrogen-bond donors (Lipinski definition) is 3. The number of nitrogens with zero attached hydrogens (tertiary/aromatic N) is 3. The normalized spacial score (nSPS) is 13.0. The Morgan fingerprint density at radius 2 is 1.64 bits per heavy atom. The Morgan fingerprint density at radius 1 is 1.07 bits per heavy atom. The van der Waals surface area contributed by atoms with Gasteiger partial charge in [0.2, 0.25) is 5.91 Å². The van der Waals surface area contributed by atoms with E-state index < -0.39 is 0 Å². The van der Waals surface area contributed by atoms with Gasteiger partial charge in [-0.1, -0.05) is 61.2 Å². The van der Waals surface area contributed by atoms with Crippen molar-refractivity contribution in [3.8, 4) is 17.6 Å². The van der Waals surface area contributed by atoms with Crippen LogP contribution >= 0.6 is 0 Å². The summed E-state index contributed by atoms with van der Waals surface area (Å²) >= 11 is 0. The summed E-state index contributed by atoms with van der Waals surface area (Å²) in [4.78, 5) is 21.1. The number of allylic oxidation sites excluding steroid dienone is 7. The Hall–Kier alpha value is -5.46. The van der Waals surface area contributed by atoms with Gasteiger partial charge in [0.15, 0.2) is 0 Å². The minimum atomic E-state index is -0.106. The summed E-state index contributed by atoms with van der Waals surface area (Å²) < 4.78 is 5.58. The highest BCUT2D eigenvalue weighted by molar-refractivity contribution is 5.87. The van der Waals surface area contributed by atoms with Crippen molar-refractivity contribution in [3.05, 3.63) is 132 Å². The third kappa shape index (κ3) is 12.2. The van der Waals surface area contributed by atoms with Crippen LogP contribution in [0.5, 0.6) is 11.5 Å². The second-order valence-corrected chi connectivity index (χ2v) is 8.55. The van der Waals surface area contributed by atoms with Gasteiger partial charge in [-0.05, 0) is 68.8 Å². The summed E-state index contributed by atoms with van der Waals surface area (Å²) in [5.41, 5.74) is 14.3. The highest BCUT2D eigenvalue weighted by Crippen LogP contribution is 2.22. The SMILES string of the molecule is C=CN1N=CC(C#N)=C(N)C1=C(C)C.CC(=O)NC1=CCC(C=O)=CC=C1.CN.c1ccc(Oc2ccccc2)cc1. The molecule has 0 spiro atoms. The van der Waals surface area contributed by atoms with Gasteiger partial charge in [0.1, 0.15) is 23.9 Å². The van der Waals surface area contributed by atoms with Crippen LogP contribution in [0.3, 0.4) is 0 Å². The fourth-order valence-electron chi connectivity index (χ4n) is 3.36. The molecule has 9 heteroatoms. The molecule has 2 aromatic rings. The van der Waals surface area contributed by atoms with Gasteiger partial charge in [-0.3, -0.25) is 9.59 Å². The molecule has 0 fully saturated rings. The first-order valence-electron chi connectivity index (χ1n) is 13.0. The molecule has 0 aromatic heterocycles. The van der Waals surface area contributed by atoms with Crippen molar-refractivity contribution in [2.75, 3.05) is 7.05 Å². The maximum atomic E-state index is 10.7. The second kappa shape index (κ2) is 19.6. The summed E-state index contributed by atoms with van der Waals surface area (Å²) in [7, 11) is 1.50. The monoisotopic (exact) mass is 566 g/mol. The number of benzene rings is 2. The molecule has 4 rings (SSSR count). The fourth-order valence-corrected chi connectivity index (χ4v) is 3.36.